The summed E-state index contributed by atoms with van der Waals surface area (Å²) in [4.78, 5) is 44.0. The number of esters is 1. The molecular weight excluding hydrogens is 496 g/mol. The molecule has 210 valence electrons. The van der Waals surface area contributed by atoms with Gasteiger partial charge in [-0.3, -0.25) is 9.69 Å². The fourth-order valence-corrected chi connectivity index (χ4v) is 5.69. The van der Waals surface area contributed by atoms with Crippen LogP contribution in [0.2, 0.25) is 0 Å². The number of rotatable bonds is 8. The summed E-state index contributed by atoms with van der Waals surface area (Å²) in [5, 5.41) is 0. The molecule has 0 aromatic heterocycles. The minimum atomic E-state index is -1.06. The Bertz CT molecular complexity index is 1160. The van der Waals surface area contributed by atoms with E-state index in [1.165, 1.54) is 0 Å². The molecule has 39 heavy (non-hydrogen) atoms. The molecule has 8 nitrogen and oxygen atoms in total. The molecule has 2 aliphatic rings. The van der Waals surface area contributed by atoms with Gasteiger partial charge in [-0.05, 0) is 65.5 Å². The predicted molar refractivity (Wildman–Crippen MR) is 147 cm³/mol. The molecule has 8 heteroatoms. The van der Waals surface area contributed by atoms with E-state index in [4.69, 9.17) is 14.2 Å². The first-order chi connectivity index (χ1) is 18.5. The average molecular weight is 537 g/mol. The van der Waals surface area contributed by atoms with Crippen molar-refractivity contribution in [1.29, 1.82) is 0 Å². The molecule has 3 unspecified atom stereocenters. The van der Waals surface area contributed by atoms with E-state index < -0.39 is 41.4 Å². The Morgan fingerprint density at radius 1 is 0.974 bits per heavy atom. The summed E-state index contributed by atoms with van der Waals surface area (Å²) >= 11 is 0. The van der Waals surface area contributed by atoms with Gasteiger partial charge in [0.25, 0.3) is 5.91 Å². The van der Waals surface area contributed by atoms with Crippen LogP contribution in [0.4, 0.5) is 4.79 Å². The summed E-state index contributed by atoms with van der Waals surface area (Å²) in [7, 11) is 0. The van der Waals surface area contributed by atoms with Gasteiger partial charge in [0.2, 0.25) is 0 Å². The third-order valence-electron chi connectivity index (χ3n) is 7.68. The predicted octanol–water partition coefficient (Wildman–Crippen LogP) is 5.09. The van der Waals surface area contributed by atoms with E-state index >= 15 is 0 Å². The Morgan fingerprint density at radius 3 is 2.08 bits per heavy atom. The highest BCUT2D eigenvalue weighted by Gasteiger charge is 2.69. The zero-order chi connectivity index (χ0) is 28.4. The third kappa shape index (κ3) is 5.81. The van der Waals surface area contributed by atoms with Crippen molar-refractivity contribution in [1.82, 2.24) is 9.80 Å². The summed E-state index contributed by atoms with van der Waals surface area (Å²) in [6.45, 7) is 11.4. The Kier molecular flexibility index (Phi) is 8.35. The zero-order valence-electron chi connectivity index (χ0n) is 23.8. The van der Waals surface area contributed by atoms with Crippen molar-refractivity contribution >= 4 is 18.0 Å². The molecule has 2 saturated heterocycles. The van der Waals surface area contributed by atoms with E-state index in [1.54, 1.807) is 37.5 Å². The molecule has 2 aliphatic heterocycles. The number of hydrogen-bond acceptors (Lipinski definition) is 6. The lowest BCUT2D eigenvalue weighted by Gasteiger charge is -2.59. The van der Waals surface area contributed by atoms with E-state index in [1.807, 2.05) is 74.5 Å². The SMILES string of the molecule is CC1CCC2(C(=O)N([C@H](C(=O)OCc3ccccc3)[C@@H](C)OCc3ccccc3)C2C)N1C(=O)OC(C)(C)C. The largest absolute Gasteiger partial charge is 0.459 e. The van der Waals surface area contributed by atoms with E-state index in [0.717, 1.165) is 11.1 Å². The second-order valence-electron chi connectivity index (χ2n) is 11.6. The smallest absolute Gasteiger partial charge is 0.411 e. The van der Waals surface area contributed by atoms with Gasteiger partial charge in [0, 0.05) is 6.04 Å². The van der Waals surface area contributed by atoms with Crippen molar-refractivity contribution < 1.29 is 28.6 Å². The molecule has 2 aromatic carbocycles. The molecule has 0 aliphatic carbocycles. The lowest BCUT2D eigenvalue weighted by molar-refractivity contribution is -0.193. The van der Waals surface area contributed by atoms with Gasteiger partial charge < -0.3 is 19.1 Å². The maximum Gasteiger partial charge on any atom is 0.411 e. The number of β-lactam (4-membered cyclic amide) rings is 1. The molecule has 1 spiro atoms. The minimum Gasteiger partial charge on any atom is -0.459 e. The van der Waals surface area contributed by atoms with Gasteiger partial charge in [0.1, 0.15) is 17.7 Å². The molecule has 0 radical (unpaired) electrons. The van der Waals surface area contributed by atoms with Crippen molar-refractivity contribution in [2.45, 2.75) is 103 Å². The van der Waals surface area contributed by atoms with Gasteiger partial charge in [0.15, 0.2) is 6.04 Å². The number of hydrogen-bond donors (Lipinski definition) is 0. The van der Waals surface area contributed by atoms with E-state index in [0.29, 0.717) is 12.8 Å². The first-order valence-electron chi connectivity index (χ1n) is 13.7. The lowest BCUT2D eigenvalue weighted by Crippen LogP contribution is -2.82. The maximum atomic E-state index is 14.0. The highest BCUT2D eigenvalue weighted by Crippen LogP contribution is 2.48. The molecule has 2 fully saturated rings. The van der Waals surface area contributed by atoms with E-state index in [-0.39, 0.29) is 25.2 Å². The number of nitrogens with zero attached hydrogens (tertiary/aromatic N) is 2. The van der Waals surface area contributed by atoms with Crippen molar-refractivity contribution in [3.63, 3.8) is 0 Å². The first kappa shape index (κ1) is 28.6. The van der Waals surface area contributed by atoms with Crippen LogP contribution in [0.3, 0.4) is 0 Å². The van der Waals surface area contributed by atoms with Gasteiger partial charge >= 0.3 is 12.1 Å². The third-order valence-corrected chi connectivity index (χ3v) is 7.68. The molecule has 0 bridgehead atoms. The number of benzene rings is 2. The molecule has 2 amide bonds. The van der Waals surface area contributed by atoms with Crippen LogP contribution in [0.1, 0.15) is 65.5 Å². The summed E-state index contributed by atoms with van der Waals surface area (Å²) in [5.41, 5.74) is 0.0576. The first-order valence-corrected chi connectivity index (χ1v) is 13.7. The van der Waals surface area contributed by atoms with Crippen LogP contribution in [-0.2, 0) is 37.0 Å². The summed E-state index contributed by atoms with van der Waals surface area (Å²) < 4.78 is 17.5. The standard InChI is InChI=1S/C31H40N2O6/c1-21-17-18-31(33(21)29(36)39-30(4,5)6)23(3)32(28(31)35)26(22(2)37-19-24-13-9-7-10-14-24)27(34)38-20-25-15-11-8-12-16-25/h7-16,21-23,26H,17-20H2,1-6H3/t21?,22-,23?,26+,31?/m1/s1. The van der Waals surface area contributed by atoms with Crippen molar-refractivity contribution in [2.75, 3.05) is 0 Å². The fourth-order valence-electron chi connectivity index (χ4n) is 5.69. The quantitative estimate of drug-likeness (QED) is 0.345. The van der Waals surface area contributed by atoms with Crippen LogP contribution in [0.25, 0.3) is 0 Å². The summed E-state index contributed by atoms with van der Waals surface area (Å²) in [6.07, 6.45) is 0.0244. The normalized spacial score (nSPS) is 24.3. The number of ether oxygens (including phenoxy) is 3. The van der Waals surface area contributed by atoms with Gasteiger partial charge in [-0.15, -0.1) is 0 Å². The van der Waals surface area contributed by atoms with Gasteiger partial charge in [-0.1, -0.05) is 60.7 Å². The molecule has 0 N–H and O–H groups in total. The lowest BCUT2D eigenvalue weighted by atomic mass is 9.75. The van der Waals surface area contributed by atoms with Crippen LogP contribution in [-0.4, -0.2) is 63.1 Å². The Labute approximate surface area is 231 Å². The van der Waals surface area contributed by atoms with Crippen LogP contribution in [0.15, 0.2) is 60.7 Å². The van der Waals surface area contributed by atoms with E-state index in [9.17, 15) is 14.4 Å². The van der Waals surface area contributed by atoms with Crippen molar-refractivity contribution in [3.05, 3.63) is 71.8 Å². The number of amides is 2. The van der Waals surface area contributed by atoms with Gasteiger partial charge in [0.05, 0.1) is 18.8 Å². The summed E-state index contributed by atoms with van der Waals surface area (Å²) in [5.74, 6) is -0.814. The zero-order valence-corrected chi connectivity index (χ0v) is 23.8. The van der Waals surface area contributed by atoms with Crippen molar-refractivity contribution in [3.8, 4) is 0 Å². The molecule has 4 rings (SSSR count). The van der Waals surface area contributed by atoms with Crippen LogP contribution in [0.5, 0.6) is 0 Å². The van der Waals surface area contributed by atoms with Crippen LogP contribution >= 0.6 is 0 Å². The topological polar surface area (TPSA) is 85.4 Å². The Hall–Kier alpha value is -3.39. The summed E-state index contributed by atoms with van der Waals surface area (Å²) in [6, 6.07) is 17.5. The molecule has 0 saturated carbocycles. The van der Waals surface area contributed by atoms with Crippen LogP contribution in [0, 0.1) is 0 Å². The highest BCUT2D eigenvalue weighted by atomic mass is 16.6. The Morgan fingerprint density at radius 2 is 1.54 bits per heavy atom. The number of carbonyl (C=O) groups excluding carboxylic acids is 3. The van der Waals surface area contributed by atoms with Gasteiger partial charge in [-0.2, -0.15) is 0 Å². The molecule has 5 atom stereocenters. The molecular formula is C31H40N2O6. The van der Waals surface area contributed by atoms with Gasteiger partial charge in [-0.25, -0.2) is 9.59 Å². The Balaban J connectivity index is 1.57. The monoisotopic (exact) mass is 536 g/mol. The van der Waals surface area contributed by atoms with Crippen molar-refractivity contribution in [2.24, 2.45) is 0 Å². The van der Waals surface area contributed by atoms with Crippen LogP contribution < -0.4 is 0 Å². The number of carbonyl (C=O) groups is 3. The van der Waals surface area contributed by atoms with E-state index in [2.05, 4.69) is 0 Å². The maximum absolute atomic E-state index is 14.0. The molecule has 2 heterocycles. The second kappa shape index (κ2) is 11.4. The minimum absolute atomic E-state index is 0.0875. The second-order valence-corrected chi connectivity index (χ2v) is 11.6. The highest BCUT2D eigenvalue weighted by molar-refractivity contribution is 6.00. The molecule has 2 aromatic rings. The number of likely N-dealkylation sites (tertiary alicyclic amines) is 2. The fraction of sp³-hybridized carbons (Fsp3) is 0.516. The average Bonchev–Trinajstić information content (AvgIpc) is 3.28.